The molecule has 0 aliphatic rings. The van der Waals surface area contributed by atoms with Gasteiger partial charge in [0, 0.05) is 36.3 Å². The molecule has 8 nitrogen and oxygen atoms in total. The summed E-state index contributed by atoms with van der Waals surface area (Å²) >= 11 is 0. The molecule has 2 heterocycles. The molecule has 1 amide bonds. The molecule has 1 atom stereocenters. The van der Waals surface area contributed by atoms with Crippen molar-refractivity contribution in [1.82, 2.24) is 14.9 Å². The number of fused-ring (bicyclic) bond motifs is 1. The van der Waals surface area contributed by atoms with Gasteiger partial charge in [-0.2, -0.15) is 0 Å². The minimum atomic E-state index is -0.453. The van der Waals surface area contributed by atoms with Crippen molar-refractivity contribution in [3.63, 3.8) is 0 Å². The van der Waals surface area contributed by atoms with Crippen LogP contribution < -0.4 is 20.2 Å². The second kappa shape index (κ2) is 11.5. The quantitative estimate of drug-likeness (QED) is 0.334. The van der Waals surface area contributed by atoms with Crippen LogP contribution in [0.1, 0.15) is 34.8 Å². The van der Waals surface area contributed by atoms with E-state index in [-0.39, 0.29) is 29.4 Å². The van der Waals surface area contributed by atoms with Crippen molar-refractivity contribution in [2.75, 3.05) is 14.2 Å². The average Bonchev–Trinajstić information content (AvgIpc) is 2.93. The number of carbonyl (C=O) groups excluding carboxylic acids is 2. The normalized spacial score (nSPS) is 11.6. The second-order valence-corrected chi connectivity index (χ2v) is 8.78. The zero-order valence-electron chi connectivity index (χ0n) is 21.1. The number of rotatable bonds is 10. The molecular formula is C29H29N3O5. The van der Waals surface area contributed by atoms with E-state index in [1.165, 1.54) is 44.4 Å². The lowest BCUT2D eigenvalue weighted by molar-refractivity contribution is -0.122. The number of hydrogen-bond donors (Lipinski definition) is 1. The molecule has 8 heteroatoms. The van der Waals surface area contributed by atoms with Gasteiger partial charge in [0.05, 0.1) is 30.7 Å². The number of methoxy groups -OCH3 is 2. The summed E-state index contributed by atoms with van der Waals surface area (Å²) in [6.07, 6.45) is 6.03. The first-order valence-electron chi connectivity index (χ1n) is 12.0. The van der Waals surface area contributed by atoms with Gasteiger partial charge < -0.3 is 19.4 Å². The van der Waals surface area contributed by atoms with E-state index in [0.717, 1.165) is 12.8 Å². The Morgan fingerprint density at radius 3 is 2.35 bits per heavy atom. The summed E-state index contributed by atoms with van der Waals surface area (Å²) in [6.45, 7) is 1.87. The first-order valence-corrected chi connectivity index (χ1v) is 12.0. The van der Waals surface area contributed by atoms with Crippen LogP contribution in [0.3, 0.4) is 0 Å². The van der Waals surface area contributed by atoms with Gasteiger partial charge in [-0.25, -0.2) is 0 Å². The van der Waals surface area contributed by atoms with E-state index >= 15 is 0 Å². The Morgan fingerprint density at radius 1 is 1.00 bits per heavy atom. The number of pyridine rings is 2. The molecule has 0 aliphatic carbocycles. The molecule has 4 aromatic rings. The number of nitrogens with one attached hydrogen (secondary N) is 1. The number of nitrogens with zero attached hydrogens (tertiary/aromatic N) is 2. The van der Waals surface area contributed by atoms with Gasteiger partial charge in [-0.05, 0) is 43.5 Å². The highest BCUT2D eigenvalue weighted by Crippen LogP contribution is 2.31. The fourth-order valence-electron chi connectivity index (χ4n) is 4.24. The highest BCUT2D eigenvalue weighted by molar-refractivity contribution is 6.10. The lowest BCUT2D eigenvalue weighted by atomic mass is 10.0. The van der Waals surface area contributed by atoms with E-state index in [1.807, 2.05) is 25.1 Å². The molecule has 4 rings (SSSR count). The zero-order valence-corrected chi connectivity index (χ0v) is 21.1. The van der Waals surface area contributed by atoms with Crippen molar-refractivity contribution in [1.29, 1.82) is 0 Å². The van der Waals surface area contributed by atoms with Crippen molar-refractivity contribution in [3.05, 3.63) is 100 Å². The largest absolute Gasteiger partial charge is 0.493 e. The molecule has 37 heavy (non-hydrogen) atoms. The molecule has 0 radical (unpaired) electrons. The van der Waals surface area contributed by atoms with E-state index in [1.54, 1.807) is 22.8 Å². The number of ketones is 1. The Bertz CT molecular complexity index is 1470. The minimum Gasteiger partial charge on any atom is -0.493 e. The van der Waals surface area contributed by atoms with Crippen LogP contribution in [0, 0.1) is 0 Å². The van der Waals surface area contributed by atoms with Crippen molar-refractivity contribution >= 4 is 22.6 Å². The molecule has 2 aromatic heterocycles. The van der Waals surface area contributed by atoms with Gasteiger partial charge in [0.25, 0.3) is 0 Å². The maximum Gasteiger partial charge on any atom is 0.240 e. The van der Waals surface area contributed by atoms with Crippen molar-refractivity contribution < 1.29 is 19.1 Å². The van der Waals surface area contributed by atoms with Gasteiger partial charge in [0.15, 0.2) is 17.3 Å². The van der Waals surface area contributed by atoms with Crippen LogP contribution in [0.15, 0.2) is 78.0 Å². The maximum atomic E-state index is 13.4. The van der Waals surface area contributed by atoms with Crippen molar-refractivity contribution in [3.8, 4) is 11.5 Å². The molecule has 0 bridgehead atoms. The number of ether oxygens (including phenoxy) is 2. The maximum absolute atomic E-state index is 13.4. The third-order valence-electron chi connectivity index (χ3n) is 6.20. The summed E-state index contributed by atoms with van der Waals surface area (Å²) in [4.78, 5) is 43.6. The third kappa shape index (κ3) is 5.86. The summed E-state index contributed by atoms with van der Waals surface area (Å²) in [5, 5.41) is 3.27. The summed E-state index contributed by atoms with van der Waals surface area (Å²) in [6, 6.07) is 16.3. The Kier molecular flexibility index (Phi) is 7.98. The van der Waals surface area contributed by atoms with E-state index in [2.05, 4.69) is 22.4 Å². The van der Waals surface area contributed by atoms with E-state index < -0.39 is 11.2 Å². The predicted octanol–water partition coefficient (Wildman–Crippen LogP) is 3.78. The molecule has 0 aliphatic heterocycles. The predicted molar refractivity (Wildman–Crippen MR) is 141 cm³/mol. The van der Waals surface area contributed by atoms with Crippen LogP contribution in [0.4, 0.5) is 0 Å². The SMILES string of the molecule is COc1cc2c(=O)c(C(=O)c3ccncc3)cn(CC(=O)N[C@H](C)CCc3ccccc3)c2cc1OC. The fourth-order valence-corrected chi connectivity index (χ4v) is 4.24. The van der Waals surface area contributed by atoms with E-state index in [9.17, 15) is 14.4 Å². The number of benzene rings is 2. The van der Waals surface area contributed by atoms with Crippen LogP contribution >= 0.6 is 0 Å². The molecule has 0 saturated carbocycles. The first-order chi connectivity index (χ1) is 17.9. The van der Waals surface area contributed by atoms with Gasteiger partial charge in [-0.15, -0.1) is 0 Å². The highest BCUT2D eigenvalue weighted by Gasteiger charge is 2.20. The smallest absolute Gasteiger partial charge is 0.240 e. The van der Waals surface area contributed by atoms with Crippen LogP contribution in [-0.2, 0) is 17.8 Å². The van der Waals surface area contributed by atoms with E-state index in [0.29, 0.717) is 22.6 Å². The molecule has 2 aromatic carbocycles. The molecule has 0 spiro atoms. The van der Waals surface area contributed by atoms with Crippen LogP contribution in [0.25, 0.3) is 10.9 Å². The first kappa shape index (κ1) is 25.6. The average molecular weight is 500 g/mol. The van der Waals surface area contributed by atoms with Crippen molar-refractivity contribution in [2.24, 2.45) is 0 Å². The lowest BCUT2D eigenvalue weighted by Crippen LogP contribution is -2.36. The van der Waals surface area contributed by atoms with Crippen molar-refractivity contribution in [2.45, 2.75) is 32.4 Å². The Hall–Kier alpha value is -4.46. The van der Waals surface area contributed by atoms with Crippen LogP contribution in [0.2, 0.25) is 0 Å². The number of aromatic nitrogens is 2. The molecule has 0 saturated heterocycles. The van der Waals surface area contributed by atoms with Gasteiger partial charge >= 0.3 is 0 Å². The molecule has 1 N–H and O–H groups in total. The van der Waals surface area contributed by atoms with Gasteiger partial charge in [0.1, 0.15) is 6.54 Å². The number of hydrogen-bond acceptors (Lipinski definition) is 6. The summed E-state index contributed by atoms with van der Waals surface area (Å²) in [5.74, 6) is 0.0798. The van der Waals surface area contributed by atoms with Gasteiger partial charge in [0.2, 0.25) is 11.3 Å². The van der Waals surface area contributed by atoms with Crippen LogP contribution in [0.5, 0.6) is 11.5 Å². The molecule has 190 valence electrons. The Labute approximate surface area is 214 Å². The number of aryl methyl sites for hydroxylation is 1. The zero-order chi connectivity index (χ0) is 26.4. The Balaban J connectivity index is 1.66. The second-order valence-electron chi connectivity index (χ2n) is 8.78. The lowest BCUT2D eigenvalue weighted by Gasteiger charge is -2.18. The molecular weight excluding hydrogens is 470 g/mol. The molecule has 0 unspecified atom stereocenters. The van der Waals surface area contributed by atoms with Gasteiger partial charge in [-0.1, -0.05) is 30.3 Å². The monoisotopic (exact) mass is 499 g/mol. The highest BCUT2D eigenvalue weighted by atomic mass is 16.5. The standard InChI is InChI=1S/C29H29N3O5/c1-19(9-10-20-7-5-4-6-8-20)31-27(33)18-32-17-23(28(34)21-11-13-30-14-12-21)29(35)22-15-25(36-2)26(37-3)16-24(22)32/h4-8,11-17,19H,9-10,18H2,1-3H3,(H,31,33)/t19-/m1/s1. The van der Waals surface area contributed by atoms with Crippen LogP contribution in [-0.4, -0.2) is 41.5 Å². The third-order valence-corrected chi connectivity index (χ3v) is 6.20. The number of carbonyl (C=O) groups is 2. The summed E-state index contributed by atoms with van der Waals surface area (Å²) in [7, 11) is 2.97. The Morgan fingerprint density at radius 2 is 1.68 bits per heavy atom. The minimum absolute atomic E-state index is 0.0455. The topological polar surface area (TPSA) is 99.5 Å². The van der Waals surface area contributed by atoms with Gasteiger partial charge in [-0.3, -0.25) is 19.4 Å². The molecule has 0 fully saturated rings. The fraction of sp³-hybridized carbons (Fsp3) is 0.241. The number of amides is 1. The van der Waals surface area contributed by atoms with E-state index in [4.69, 9.17) is 9.47 Å². The summed E-state index contributed by atoms with van der Waals surface area (Å²) < 4.78 is 12.4. The summed E-state index contributed by atoms with van der Waals surface area (Å²) in [5.41, 5.74) is 1.50.